The minimum atomic E-state index is -0.514. The van der Waals surface area contributed by atoms with Crippen molar-refractivity contribution >= 4 is 35.6 Å². The minimum Gasteiger partial charge on any atom is -0.349 e. The van der Waals surface area contributed by atoms with Gasteiger partial charge in [0.1, 0.15) is 0 Å². The van der Waals surface area contributed by atoms with Crippen molar-refractivity contribution in [3.05, 3.63) is 58.3 Å². The zero-order valence-corrected chi connectivity index (χ0v) is 16.1. The Morgan fingerprint density at radius 1 is 1.19 bits per heavy atom. The predicted molar refractivity (Wildman–Crippen MR) is 107 cm³/mol. The molecule has 0 aliphatic carbocycles. The van der Waals surface area contributed by atoms with Gasteiger partial charge < -0.3 is 16.0 Å². The van der Waals surface area contributed by atoms with Crippen LogP contribution in [0, 0.1) is 0 Å². The highest BCUT2D eigenvalue weighted by Crippen LogP contribution is 2.14. The zero-order chi connectivity index (χ0) is 17.6. The first-order valence-corrected chi connectivity index (χ1v) is 9.49. The van der Waals surface area contributed by atoms with Crippen LogP contribution in [0.5, 0.6) is 0 Å². The molecule has 3 rings (SSSR count). The second kappa shape index (κ2) is 9.71. The van der Waals surface area contributed by atoms with Crippen LogP contribution in [0.3, 0.4) is 0 Å². The van der Waals surface area contributed by atoms with Crippen LogP contribution in [-0.4, -0.2) is 41.9 Å². The van der Waals surface area contributed by atoms with Gasteiger partial charge in [-0.1, -0.05) is 30.3 Å². The number of amides is 2. The van der Waals surface area contributed by atoms with Crippen molar-refractivity contribution in [3.8, 4) is 0 Å². The molecule has 2 amide bonds. The lowest BCUT2D eigenvalue weighted by molar-refractivity contribution is -0.133. The summed E-state index contributed by atoms with van der Waals surface area (Å²) in [5, 5.41) is 6.79. The minimum absolute atomic E-state index is 0. The summed E-state index contributed by atoms with van der Waals surface area (Å²) in [6.45, 7) is 1.27. The summed E-state index contributed by atoms with van der Waals surface area (Å²) in [7, 11) is 0. The number of piperidine rings is 1. The summed E-state index contributed by atoms with van der Waals surface area (Å²) in [4.78, 5) is 26.4. The fraction of sp³-hybridized carbons (Fsp3) is 0.368. The summed E-state index contributed by atoms with van der Waals surface area (Å²) >= 11 is 1.51. The first kappa shape index (κ1) is 20.4. The van der Waals surface area contributed by atoms with Crippen LogP contribution in [0.25, 0.3) is 0 Å². The Kier molecular flexibility index (Phi) is 7.63. The van der Waals surface area contributed by atoms with Crippen LogP contribution >= 0.6 is 23.7 Å². The van der Waals surface area contributed by atoms with Gasteiger partial charge in [-0.3, -0.25) is 9.59 Å². The van der Waals surface area contributed by atoms with E-state index in [1.165, 1.54) is 11.3 Å². The van der Waals surface area contributed by atoms with E-state index in [2.05, 4.69) is 5.32 Å². The molecular formula is C19H24ClN3O2S. The van der Waals surface area contributed by atoms with E-state index in [1.54, 1.807) is 0 Å². The third kappa shape index (κ3) is 5.30. The Labute approximate surface area is 164 Å². The van der Waals surface area contributed by atoms with Crippen molar-refractivity contribution in [2.45, 2.75) is 31.3 Å². The number of nitrogens with zero attached hydrogens (tertiary/aromatic N) is 1. The Hall–Kier alpha value is -1.89. The standard InChI is InChI=1S/C19H23N3O2S.ClH/c20-17(12-14-4-2-1-3-5-14)19(24)22-9-6-16(7-10-22)21-18(23)15-8-11-25-13-15;/h1-5,8,11,13,16-17H,6-7,9-10,12,20H2,(H,21,23);1H/t17-;/m0./s1. The van der Waals surface area contributed by atoms with Gasteiger partial charge in [-0.15, -0.1) is 12.4 Å². The molecule has 0 unspecified atom stereocenters. The highest BCUT2D eigenvalue weighted by atomic mass is 35.5. The normalized spacial score (nSPS) is 15.8. The number of hydrogen-bond donors (Lipinski definition) is 2. The third-order valence-electron chi connectivity index (χ3n) is 4.54. The van der Waals surface area contributed by atoms with Gasteiger partial charge in [0.2, 0.25) is 5.91 Å². The van der Waals surface area contributed by atoms with Crippen molar-refractivity contribution in [1.82, 2.24) is 10.2 Å². The molecule has 1 aromatic carbocycles. The largest absolute Gasteiger partial charge is 0.349 e. The quantitative estimate of drug-likeness (QED) is 0.819. The highest BCUT2D eigenvalue weighted by molar-refractivity contribution is 7.08. The molecule has 7 heteroatoms. The Balaban J connectivity index is 0.00000243. The molecule has 3 N–H and O–H groups in total. The van der Waals surface area contributed by atoms with Gasteiger partial charge in [-0.05, 0) is 36.3 Å². The van der Waals surface area contributed by atoms with Gasteiger partial charge in [0, 0.05) is 30.1 Å². The molecule has 1 saturated heterocycles. The average molecular weight is 394 g/mol. The fourth-order valence-corrected chi connectivity index (χ4v) is 3.73. The molecule has 1 aliphatic rings. The number of halogens is 1. The maximum atomic E-state index is 12.5. The van der Waals surface area contributed by atoms with E-state index >= 15 is 0 Å². The molecule has 2 heterocycles. The average Bonchev–Trinajstić information content (AvgIpc) is 3.17. The molecule has 0 radical (unpaired) electrons. The molecule has 1 aliphatic heterocycles. The van der Waals surface area contributed by atoms with Crippen LogP contribution < -0.4 is 11.1 Å². The van der Waals surface area contributed by atoms with Crippen molar-refractivity contribution in [2.75, 3.05) is 13.1 Å². The lowest BCUT2D eigenvalue weighted by Gasteiger charge is -2.33. The maximum absolute atomic E-state index is 12.5. The molecule has 26 heavy (non-hydrogen) atoms. The van der Waals surface area contributed by atoms with Gasteiger partial charge in [0.25, 0.3) is 5.91 Å². The Bertz CT molecular complexity index is 701. The van der Waals surface area contributed by atoms with Crippen molar-refractivity contribution in [2.24, 2.45) is 5.73 Å². The zero-order valence-electron chi connectivity index (χ0n) is 14.5. The molecule has 0 spiro atoms. The fourth-order valence-electron chi connectivity index (χ4n) is 3.10. The second-order valence-electron chi connectivity index (χ2n) is 6.38. The van der Waals surface area contributed by atoms with E-state index in [-0.39, 0.29) is 30.3 Å². The molecular weight excluding hydrogens is 370 g/mol. The maximum Gasteiger partial charge on any atom is 0.252 e. The van der Waals surface area contributed by atoms with Crippen LogP contribution in [0.2, 0.25) is 0 Å². The SMILES string of the molecule is Cl.N[C@@H](Cc1ccccc1)C(=O)N1CCC(NC(=O)c2ccsc2)CC1. The van der Waals surface area contributed by atoms with Crippen LogP contribution in [0.1, 0.15) is 28.8 Å². The number of likely N-dealkylation sites (tertiary alicyclic amines) is 1. The van der Waals surface area contributed by atoms with Gasteiger partial charge >= 0.3 is 0 Å². The van der Waals surface area contributed by atoms with Gasteiger partial charge in [-0.25, -0.2) is 0 Å². The summed E-state index contributed by atoms with van der Waals surface area (Å²) in [5.41, 5.74) is 7.87. The summed E-state index contributed by atoms with van der Waals surface area (Å²) in [6, 6.07) is 11.2. The van der Waals surface area contributed by atoms with E-state index in [4.69, 9.17) is 5.73 Å². The molecule has 5 nitrogen and oxygen atoms in total. The van der Waals surface area contributed by atoms with Crippen molar-refractivity contribution < 1.29 is 9.59 Å². The first-order chi connectivity index (χ1) is 12.1. The lowest BCUT2D eigenvalue weighted by atomic mass is 10.0. The number of carbonyl (C=O) groups is 2. The van der Waals surface area contributed by atoms with Crippen molar-refractivity contribution in [3.63, 3.8) is 0 Å². The first-order valence-electron chi connectivity index (χ1n) is 8.55. The third-order valence-corrected chi connectivity index (χ3v) is 5.22. The number of thiophene rings is 1. The summed E-state index contributed by atoms with van der Waals surface area (Å²) in [5.74, 6) is -0.0433. The Morgan fingerprint density at radius 3 is 2.50 bits per heavy atom. The number of nitrogens with two attached hydrogens (primary N) is 1. The molecule has 0 saturated carbocycles. The lowest BCUT2D eigenvalue weighted by Crippen LogP contribution is -2.51. The molecule has 1 fully saturated rings. The number of hydrogen-bond acceptors (Lipinski definition) is 4. The Morgan fingerprint density at radius 2 is 1.88 bits per heavy atom. The summed E-state index contributed by atoms with van der Waals surface area (Å²) in [6.07, 6.45) is 2.08. The summed E-state index contributed by atoms with van der Waals surface area (Å²) < 4.78 is 0. The molecule has 1 atom stereocenters. The molecule has 2 aromatic rings. The predicted octanol–water partition coefficient (Wildman–Crippen LogP) is 2.46. The smallest absolute Gasteiger partial charge is 0.252 e. The van der Waals surface area contributed by atoms with E-state index in [9.17, 15) is 9.59 Å². The van der Waals surface area contributed by atoms with Crippen molar-refractivity contribution in [1.29, 1.82) is 0 Å². The van der Waals surface area contributed by atoms with Gasteiger partial charge in [0.15, 0.2) is 0 Å². The van der Waals surface area contributed by atoms with E-state index in [1.807, 2.05) is 52.1 Å². The highest BCUT2D eigenvalue weighted by Gasteiger charge is 2.27. The van der Waals surface area contributed by atoms with Gasteiger partial charge in [-0.2, -0.15) is 11.3 Å². The van der Waals surface area contributed by atoms with E-state index in [0.717, 1.165) is 18.4 Å². The molecule has 1 aromatic heterocycles. The number of rotatable bonds is 5. The monoisotopic (exact) mass is 393 g/mol. The van der Waals surface area contributed by atoms with Crippen LogP contribution in [0.15, 0.2) is 47.2 Å². The van der Waals surface area contributed by atoms with E-state index < -0.39 is 6.04 Å². The number of carbonyl (C=O) groups excluding carboxylic acids is 2. The van der Waals surface area contributed by atoms with Crippen LogP contribution in [-0.2, 0) is 11.2 Å². The van der Waals surface area contributed by atoms with Gasteiger partial charge in [0.05, 0.1) is 6.04 Å². The number of benzene rings is 1. The van der Waals surface area contributed by atoms with E-state index in [0.29, 0.717) is 25.1 Å². The molecule has 140 valence electrons. The second-order valence-corrected chi connectivity index (χ2v) is 7.16. The molecule has 0 bridgehead atoms. The number of nitrogens with one attached hydrogen (secondary N) is 1. The van der Waals surface area contributed by atoms with Crippen LogP contribution in [0.4, 0.5) is 0 Å². The topological polar surface area (TPSA) is 75.4 Å².